The Balaban J connectivity index is 1.45. The molecule has 1 aliphatic rings. The van der Waals surface area contributed by atoms with E-state index >= 15 is 0 Å². The maximum absolute atomic E-state index is 12.7. The van der Waals surface area contributed by atoms with Crippen molar-refractivity contribution in [2.24, 2.45) is 5.92 Å². The van der Waals surface area contributed by atoms with Crippen molar-refractivity contribution in [3.05, 3.63) is 64.9 Å². The molecule has 29 heavy (non-hydrogen) atoms. The van der Waals surface area contributed by atoms with Crippen molar-refractivity contribution < 1.29 is 9.59 Å². The van der Waals surface area contributed by atoms with E-state index in [9.17, 15) is 9.59 Å². The molecule has 0 spiro atoms. The fraction of sp³-hybridized carbons (Fsp3) is 0.435. The molecule has 1 aromatic heterocycles. The summed E-state index contributed by atoms with van der Waals surface area (Å²) in [6.45, 7) is 4.78. The molecular formula is C23H28ClN3O2. The Morgan fingerprint density at radius 3 is 2.48 bits per heavy atom. The van der Waals surface area contributed by atoms with Gasteiger partial charge in [-0.3, -0.25) is 14.6 Å². The monoisotopic (exact) mass is 413 g/mol. The minimum atomic E-state index is -0.000338. The van der Waals surface area contributed by atoms with Crippen LogP contribution in [0.25, 0.3) is 0 Å². The number of nitrogens with zero attached hydrogens (tertiary/aromatic N) is 3. The molecule has 5 nitrogen and oxygen atoms in total. The zero-order valence-corrected chi connectivity index (χ0v) is 17.6. The zero-order chi connectivity index (χ0) is 20.6. The third-order valence-electron chi connectivity index (χ3n) is 5.63. The zero-order valence-electron chi connectivity index (χ0n) is 16.9. The van der Waals surface area contributed by atoms with Crippen molar-refractivity contribution in [3.63, 3.8) is 0 Å². The van der Waals surface area contributed by atoms with E-state index < -0.39 is 0 Å². The summed E-state index contributed by atoms with van der Waals surface area (Å²) in [6.07, 6.45) is 6.80. The van der Waals surface area contributed by atoms with Gasteiger partial charge in [0, 0.05) is 45.0 Å². The summed E-state index contributed by atoms with van der Waals surface area (Å²) in [5, 5.41) is 0.499. The highest BCUT2D eigenvalue weighted by atomic mass is 35.5. The second kappa shape index (κ2) is 10.4. The van der Waals surface area contributed by atoms with Crippen LogP contribution in [0, 0.1) is 5.92 Å². The van der Waals surface area contributed by atoms with Crippen LogP contribution in [0.3, 0.4) is 0 Å². The van der Waals surface area contributed by atoms with Crippen LogP contribution in [-0.4, -0.2) is 46.2 Å². The highest BCUT2D eigenvalue weighted by Crippen LogP contribution is 2.25. The number of carbonyl (C=O) groups excluding carboxylic acids is 2. The lowest BCUT2D eigenvalue weighted by Crippen LogP contribution is -2.39. The van der Waals surface area contributed by atoms with Crippen molar-refractivity contribution in [1.82, 2.24) is 14.8 Å². The van der Waals surface area contributed by atoms with Crippen LogP contribution in [0.1, 0.15) is 48.5 Å². The quantitative estimate of drug-likeness (QED) is 0.675. The van der Waals surface area contributed by atoms with Crippen LogP contribution in [0.15, 0.2) is 48.8 Å². The van der Waals surface area contributed by atoms with Crippen molar-refractivity contribution in [2.75, 3.05) is 19.6 Å². The molecular weight excluding hydrogens is 386 g/mol. The van der Waals surface area contributed by atoms with Gasteiger partial charge in [-0.15, -0.1) is 0 Å². The van der Waals surface area contributed by atoms with E-state index in [0.29, 0.717) is 36.0 Å². The van der Waals surface area contributed by atoms with Gasteiger partial charge < -0.3 is 9.80 Å². The van der Waals surface area contributed by atoms with Gasteiger partial charge in [0.15, 0.2) is 0 Å². The van der Waals surface area contributed by atoms with E-state index in [-0.39, 0.29) is 11.8 Å². The molecule has 1 saturated heterocycles. The molecule has 2 aromatic rings. The molecule has 2 heterocycles. The maximum atomic E-state index is 12.7. The van der Waals surface area contributed by atoms with E-state index in [0.717, 1.165) is 37.9 Å². The number of aromatic nitrogens is 1. The predicted octanol–water partition coefficient (Wildman–Crippen LogP) is 4.42. The Kier molecular flexibility index (Phi) is 7.64. The molecule has 0 aliphatic carbocycles. The fourth-order valence-electron chi connectivity index (χ4n) is 3.80. The average Bonchev–Trinajstić information content (AvgIpc) is 2.77. The van der Waals surface area contributed by atoms with Crippen LogP contribution >= 0.6 is 11.6 Å². The largest absolute Gasteiger partial charge is 0.339 e. The van der Waals surface area contributed by atoms with Crippen LogP contribution in [0.2, 0.25) is 5.02 Å². The number of amides is 2. The number of pyridine rings is 1. The third kappa shape index (κ3) is 5.80. The molecule has 3 rings (SSSR count). The highest BCUT2D eigenvalue weighted by Gasteiger charge is 2.25. The summed E-state index contributed by atoms with van der Waals surface area (Å²) in [4.78, 5) is 33.1. The Bertz CT molecular complexity index is 820. The van der Waals surface area contributed by atoms with E-state index in [2.05, 4.69) is 4.98 Å². The van der Waals surface area contributed by atoms with Gasteiger partial charge >= 0.3 is 0 Å². The Morgan fingerprint density at radius 1 is 1.14 bits per heavy atom. The molecule has 0 radical (unpaired) electrons. The first-order valence-electron chi connectivity index (χ1n) is 10.3. The summed E-state index contributed by atoms with van der Waals surface area (Å²) in [5.74, 6) is 0.674. The van der Waals surface area contributed by atoms with Crippen LogP contribution < -0.4 is 0 Å². The van der Waals surface area contributed by atoms with Crippen LogP contribution in [0.5, 0.6) is 0 Å². The molecule has 154 valence electrons. The van der Waals surface area contributed by atoms with E-state index in [1.165, 1.54) is 0 Å². The molecule has 0 unspecified atom stereocenters. The summed E-state index contributed by atoms with van der Waals surface area (Å²) in [6, 6.07) is 11.1. The summed E-state index contributed by atoms with van der Waals surface area (Å²) >= 11 is 6.16. The summed E-state index contributed by atoms with van der Waals surface area (Å²) in [7, 11) is 0. The summed E-state index contributed by atoms with van der Waals surface area (Å²) in [5.41, 5.74) is 1.67. The topological polar surface area (TPSA) is 53.5 Å². The molecule has 0 saturated carbocycles. The molecule has 0 N–H and O–H groups in total. The van der Waals surface area contributed by atoms with Gasteiger partial charge in [-0.1, -0.05) is 23.7 Å². The maximum Gasteiger partial charge on any atom is 0.255 e. The molecule has 1 aromatic carbocycles. The van der Waals surface area contributed by atoms with E-state index in [1.54, 1.807) is 24.5 Å². The number of hydrogen-bond donors (Lipinski definition) is 0. The number of rotatable bonds is 7. The highest BCUT2D eigenvalue weighted by molar-refractivity contribution is 6.33. The smallest absolute Gasteiger partial charge is 0.255 e. The van der Waals surface area contributed by atoms with Gasteiger partial charge in [0.25, 0.3) is 5.91 Å². The molecule has 6 heteroatoms. The lowest BCUT2D eigenvalue weighted by atomic mass is 9.91. The van der Waals surface area contributed by atoms with Crippen LogP contribution in [0.4, 0.5) is 0 Å². The first-order chi connectivity index (χ1) is 14.1. The second-order valence-corrected chi connectivity index (χ2v) is 7.92. The Morgan fingerprint density at radius 2 is 1.83 bits per heavy atom. The summed E-state index contributed by atoms with van der Waals surface area (Å²) < 4.78 is 0. The molecule has 2 amide bonds. The number of benzene rings is 1. The van der Waals surface area contributed by atoms with Gasteiger partial charge in [0.05, 0.1) is 10.6 Å². The van der Waals surface area contributed by atoms with Crippen molar-refractivity contribution >= 4 is 23.4 Å². The van der Waals surface area contributed by atoms with Crippen molar-refractivity contribution in [1.29, 1.82) is 0 Å². The Labute approximate surface area is 177 Å². The average molecular weight is 414 g/mol. The molecule has 0 atom stereocenters. The third-order valence-corrected chi connectivity index (χ3v) is 5.96. The lowest BCUT2D eigenvalue weighted by molar-refractivity contribution is -0.132. The number of likely N-dealkylation sites (tertiary alicyclic amines) is 1. The van der Waals surface area contributed by atoms with Crippen molar-refractivity contribution in [2.45, 2.75) is 39.2 Å². The predicted molar refractivity (Wildman–Crippen MR) is 115 cm³/mol. The number of halogens is 1. The SMILES string of the molecule is CCN(Cc1ccncc1)C(=O)CCC1CCN(C(=O)c2ccccc2Cl)CC1. The number of carbonyl (C=O) groups is 2. The Hall–Kier alpha value is -2.40. The number of piperidine rings is 1. The first kappa shape index (κ1) is 21.3. The number of hydrogen-bond acceptors (Lipinski definition) is 3. The standard InChI is InChI=1S/C23H28ClN3O2/c1-2-26(17-19-9-13-25-14-10-19)22(28)8-7-18-11-15-27(16-12-18)23(29)20-5-3-4-6-21(20)24/h3-6,9-10,13-14,18H,2,7-8,11-12,15-17H2,1H3. The lowest BCUT2D eigenvalue weighted by Gasteiger charge is -2.32. The second-order valence-electron chi connectivity index (χ2n) is 7.52. The first-order valence-corrected chi connectivity index (χ1v) is 10.7. The minimum Gasteiger partial charge on any atom is -0.339 e. The van der Waals surface area contributed by atoms with Gasteiger partial charge in [0.1, 0.15) is 0 Å². The molecule has 1 fully saturated rings. The van der Waals surface area contributed by atoms with E-state index in [4.69, 9.17) is 11.6 Å². The minimum absolute atomic E-state index is 0.000338. The molecule has 0 bridgehead atoms. The van der Waals surface area contributed by atoms with E-state index in [1.807, 2.05) is 41.0 Å². The molecule has 1 aliphatic heterocycles. The fourth-order valence-corrected chi connectivity index (χ4v) is 4.02. The van der Waals surface area contributed by atoms with Crippen molar-refractivity contribution in [3.8, 4) is 0 Å². The normalized spacial score (nSPS) is 14.6. The van der Waals surface area contributed by atoms with Gasteiger partial charge in [-0.2, -0.15) is 0 Å². The van der Waals surface area contributed by atoms with Gasteiger partial charge in [0.2, 0.25) is 5.91 Å². The van der Waals surface area contributed by atoms with Gasteiger partial charge in [-0.05, 0) is 61.9 Å². The van der Waals surface area contributed by atoms with Gasteiger partial charge in [-0.25, -0.2) is 0 Å². The van der Waals surface area contributed by atoms with Crippen LogP contribution in [-0.2, 0) is 11.3 Å².